The summed E-state index contributed by atoms with van der Waals surface area (Å²) in [5.74, 6) is 2.42. The third kappa shape index (κ3) is 2.33. The fourth-order valence-electron chi connectivity index (χ4n) is 1.81. The van der Waals surface area contributed by atoms with E-state index < -0.39 is 17.8 Å². The molecule has 2 rings (SSSR count). The van der Waals surface area contributed by atoms with Crippen molar-refractivity contribution in [2.24, 2.45) is 5.84 Å². The lowest BCUT2D eigenvalue weighted by Gasteiger charge is -2.35. The molecule has 0 unspecified atom stereocenters. The second kappa shape index (κ2) is 4.03. The van der Waals surface area contributed by atoms with Crippen molar-refractivity contribution >= 4 is 0 Å². The molecular formula is C10H12F3N3. The van der Waals surface area contributed by atoms with Gasteiger partial charge in [-0.15, -0.1) is 0 Å². The molecule has 1 fully saturated rings. The molecule has 88 valence electrons. The lowest BCUT2D eigenvalue weighted by atomic mass is 9.97. The van der Waals surface area contributed by atoms with Crippen LogP contribution in [0.15, 0.2) is 18.3 Å². The molecule has 0 amide bonds. The lowest BCUT2D eigenvalue weighted by Crippen LogP contribution is -2.45. The monoisotopic (exact) mass is 231 g/mol. The van der Waals surface area contributed by atoms with Crippen LogP contribution in [0.4, 0.5) is 13.2 Å². The molecule has 0 spiro atoms. The van der Waals surface area contributed by atoms with Gasteiger partial charge < -0.3 is 0 Å². The van der Waals surface area contributed by atoms with Gasteiger partial charge in [0.05, 0.1) is 17.9 Å². The molecule has 6 heteroatoms. The largest absolute Gasteiger partial charge is 0.268 e. The zero-order valence-corrected chi connectivity index (χ0v) is 8.54. The highest BCUT2D eigenvalue weighted by Crippen LogP contribution is 2.37. The molecule has 2 N–H and O–H groups in total. The summed E-state index contributed by atoms with van der Waals surface area (Å²) >= 11 is 0. The maximum absolute atomic E-state index is 13.2. The molecule has 3 nitrogen and oxygen atoms in total. The van der Waals surface area contributed by atoms with Gasteiger partial charge >= 0.3 is 0 Å². The normalized spacial score (nSPS) is 25.6. The van der Waals surface area contributed by atoms with Gasteiger partial charge in [-0.25, -0.2) is 18.2 Å². The van der Waals surface area contributed by atoms with E-state index in [2.05, 4.69) is 4.98 Å². The summed E-state index contributed by atoms with van der Waals surface area (Å²) < 4.78 is 39.1. The fourth-order valence-corrected chi connectivity index (χ4v) is 1.81. The average Bonchev–Trinajstić information content (AvgIpc) is 2.23. The van der Waals surface area contributed by atoms with Gasteiger partial charge in [-0.2, -0.15) is 0 Å². The van der Waals surface area contributed by atoms with Crippen molar-refractivity contribution in [3.8, 4) is 0 Å². The quantitative estimate of drug-likeness (QED) is 0.750. The van der Waals surface area contributed by atoms with Crippen molar-refractivity contribution in [2.75, 3.05) is 6.54 Å². The zero-order chi connectivity index (χ0) is 11.8. The number of halogens is 3. The Labute approximate surface area is 91.0 Å². The van der Waals surface area contributed by atoms with Crippen LogP contribution >= 0.6 is 0 Å². The molecule has 0 aromatic carbocycles. The van der Waals surface area contributed by atoms with Crippen LogP contribution in [0.3, 0.4) is 0 Å². The molecule has 0 saturated carbocycles. The smallest absolute Gasteiger partial charge is 0.251 e. The Morgan fingerprint density at radius 3 is 2.81 bits per heavy atom. The van der Waals surface area contributed by atoms with Gasteiger partial charge in [0.1, 0.15) is 5.82 Å². The number of alkyl halides is 2. The van der Waals surface area contributed by atoms with E-state index in [0.717, 1.165) is 6.20 Å². The van der Waals surface area contributed by atoms with Crippen molar-refractivity contribution < 1.29 is 13.2 Å². The van der Waals surface area contributed by atoms with Crippen molar-refractivity contribution in [2.45, 2.75) is 24.8 Å². The Bertz CT molecular complexity index is 366. The molecule has 1 aromatic heterocycles. The zero-order valence-electron chi connectivity index (χ0n) is 8.54. The summed E-state index contributed by atoms with van der Waals surface area (Å²) in [7, 11) is 0. The van der Waals surface area contributed by atoms with E-state index in [0.29, 0.717) is 5.69 Å². The minimum atomic E-state index is -2.73. The summed E-state index contributed by atoms with van der Waals surface area (Å²) in [5.41, 5.74) is 0.378. The molecule has 1 aliphatic rings. The Morgan fingerprint density at radius 2 is 2.19 bits per heavy atom. The van der Waals surface area contributed by atoms with Crippen LogP contribution in [0, 0.1) is 5.82 Å². The van der Waals surface area contributed by atoms with E-state index in [4.69, 9.17) is 5.84 Å². The molecular weight excluding hydrogens is 219 g/mol. The predicted molar refractivity (Wildman–Crippen MR) is 52.0 cm³/mol. The number of pyridine rings is 1. The van der Waals surface area contributed by atoms with E-state index in [-0.39, 0.29) is 19.4 Å². The first-order chi connectivity index (χ1) is 7.48. The highest BCUT2D eigenvalue weighted by molar-refractivity contribution is 5.11. The Balaban J connectivity index is 2.21. The number of hydrogen-bond acceptors (Lipinski definition) is 3. The second-order valence-corrected chi connectivity index (χ2v) is 3.96. The number of piperidine rings is 1. The molecule has 0 bridgehead atoms. The predicted octanol–water partition coefficient (Wildman–Crippen LogP) is 1.87. The first kappa shape index (κ1) is 11.3. The molecule has 1 aliphatic heterocycles. The Kier molecular flexibility index (Phi) is 2.86. The Hall–Kier alpha value is -1.14. The number of nitrogens with two attached hydrogens (primary N) is 1. The Morgan fingerprint density at radius 1 is 1.44 bits per heavy atom. The van der Waals surface area contributed by atoms with Gasteiger partial charge in [0.25, 0.3) is 5.92 Å². The summed E-state index contributed by atoms with van der Waals surface area (Å²) in [4.78, 5) is 3.79. The van der Waals surface area contributed by atoms with Crippen LogP contribution in [0.25, 0.3) is 0 Å². The van der Waals surface area contributed by atoms with Crippen LogP contribution in [-0.2, 0) is 0 Å². The highest BCUT2D eigenvalue weighted by Gasteiger charge is 2.40. The van der Waals surface area contributed by atoms with Gasteiger partial charge in [-0.1, -0.05) is 0 Å². The van der Waals surface area contributed by atoms with E-state index in [1.165, 1.54) is 17.1 Å². The van der Waals surface area contributed by atoms with Gasteiger partial charge in [0.2, 0.25) is 0 Å². The van der Waals surface area contributed by atoms with Crippen molar-refractivity contribution in [3.05, 3.63) is 29.8 Å². The first-order valence-corrected chi connectivity index (χ1v) is 4.98. The van der Waals surface area contributed by atoms with Crippen molar-refractivity contribution in [1.29, 1.82) is 0 Å². The SMILES string of the molecule is NN1CCC(F)(F)C[C@H]1c1ccc(F)cn1. The summed E-state index contributed by atoms with van der Waals surface area (Å²) in [6, 6.07) is 1.94. The van der Waals surface area contributed by atoms with Gasteiger partial charge in [0.15, 0.2) is 0 Å². The van der Waals surface area contributed by atoms with Gasteiger partial charge in [0, 0.05) is 19.4 Å². The fraction of sp³-hybridized carbons (Fsp3) is 0.500. The van der Waals surface area contributed by atoms with E-state index in [9.17, 15) is 13.2 Å². The molecule has 0 radical (unpaired) electrons. The topological polar surface area (TPSA) is 42.1 Å². The minimum Gasteiger partial charge on any atom is -0.268 e. The summed E-state index contributed by atoms with van der Waals surface area (Å²) in [6.45, 7) is 0.108. The van der Waals surface area contributed by atoms with Gasteiger partial charge in [-0.3, -0.25) is 10.8 Å². The van der Waals surface area contributed by atoms with Crippen molar-refractivity contribution in [1.82, 2.24) is 9.99 Å². The van der Waals surface area contributed by atoms with E-state index in [1.54, 1.807) is 0 Å². The molecule has 0 aliphatic carbocycles. The average molecular weight is 231 g/mol. The maximum atomic E-state index is 13.2. The van der Waals surface area contributed by atoms with Gasteiger partial charge in [-0.05, 0) is 12.1 Å². The molecule has 1 aromatic rings. The van der Waals surface area contributed by atoms with Crippen LogP contribution in [0.1, 0.15) is 24.6 Å². The summed E-state index contributed by atoms with van der Waals surface area (Å²) in [6.07, 6.45) is 0.388. The summed E-state index contributed by atoms with van der Waals surface area (Å²) in [5, 5.41) is 1.33. The van der Waals surface area contributed by atoms with Crippen LogP contribution in [-0.4, -0.2) is 22.5 Å². The number of hydrogen-bond donors (Lipinski definition) is 1. The third-order valence-corrected chi connectivity index (χ3v) is 2.72. The number of nitrogens with zero attached hydrogens (tertiary/aromatic N) is 2. The molecule has 1 saturated heterocycles. The lowest BCUT2D eigenvalue weighted by molar-refractivity contribution is -0.0807. The standard InChI is InChI=1S/C10H12F3N3/c11-7-1-2-8(15-6-7)9-5-10(12,13)3-4-16(9)14/h1-2,6,9H,3-5,14H2/t9-/m0/s1. The number of rotatable bonds is 1. The maximum Gasteiger partial charge on any atom is 0.251 e. The van der Waals surface area contributed by atoms with Crippen LogP contribution in [0.5, 0.6) is 0 Å². The number of hydrazine groups is 1. The van der Waals surface area contributed by atoms with E-state index >= 15 is 0 Å². The third-order valence-electron chi connectivity index (χ3n) is 2.72. The first-order valence-electron chi connectivity index (χ1n) is 4.98. The molecule has 16 heavy (non-hydrogen) atoms. The highest BCUT2D eigenvalue weighted by atomic mass is 19.3. The molecule has 2 heterocycles. The number of aromatic nitrogens is 1. The van der Waals surface area contributed by atoms with E-state index in [1.807, 2.05) is 0 Å². The van der Waals surface area contributed by atoms with Crippen LogP contribution in [0.2, 0.25) is 0 Å². The molecule has 1 atom stereocenters. The van der Waals surface area contributed by atoms with Crippen LogP contribution < -0.4 is 5.84 Å². The second-order valence-electron chi connectivity index (χ2n) is 3.96. The van der Waals surface area contributed by atoms with Crippen molar-refractivity contribution in [3.63, 3.8) is 0 Å². The minimum absolute atomic E-state index is 0.108.